The summed E-state index contributed by atoms with van der Waals surface area (Å²) in [5.41, 5.74) is 0.717. The number of nitrogens with one attached hydrogen (secondary N) is 2. The van der Waals surface area contributed by atoms with Gasteiger partial charge in [-0.25, -0.2) is 4.39 Å². The number of carbonyl (C=O) groups is 2. The monoisotopic (exact) mass is 444 g/mol. The van der Waals surface area contributed by atoms with Crippen molar-refractivity contribution < 1.29 is 18.7 Å². The summed E-state index contributed by atoms with van der Waals surface area (Å²) in [6, 6.07) is 19.9. The van der Waals surface area contributed by atoms with Gasteiger partial charge < -0.3 is 15.4 Å². The first kappa shape index (κ1) is 21.7. The Hall–Kier alpha value is -3.03. The first-order valence-electron chi connectivity index (χ1n) is 8.95. The van der Waals surface area contributed by atoms with Gasteiger partial charge in [-0.2, -0.15) is 0 Å². The van der Waals surface area contributed by atoms with Crippen LogP contribution in [-0.4, -0.2) is 23.3 Å². The molecule has 0 aliphatic rings. The highest BCUT2D eigenvalue weighted by atomic mass is 35.5. The lowest BCUT2D eigenvalue weighted by atomic mass is 10.3. The zero-order valence-corrected chi connectivity index (χ0v) is 17.3. The Morgan fingerprint density at radius 2 is 1.50 bits per heavy atom. The third-order valence-electron chi connectivity index (χ3n) is 3.82. The van der Waals surface area contributed by atoms with Crippen molar-refractivity contribution in [2.75, 3.05) is 22.1 Å². The highest BCUT2D eigenvalue weighted by Gasteiger charge is 2.09. The molecule has 8 heteroatoms. The van der Waals surface area contributed by atoms with Crippen LogP contribution in [0.15, 0.2) is 72.8 Å². The van der Waals surface area contributed by atoms with Crippen molar-refractivity contribution in [3.63, 3.8) is 0 Å². The molecule has 0 aliphatic carbocycles. The number of hydrogen-bond donors (Lipinski definition) is 2. The lowest BCUT2D eigenvalue weighted by molar-refractivity contribution is -0.114. The molecule has 30 heavy (non-hydrogen) atoms. The largest absolute Gasteiger partial charge is 0.456 e. The summed E-state index contributed by atoms with van der Waals surface area (Å²) in [7, 11) is 0. The molecule has 2 amide bonds. The number of ether oxygens (including phenoxy) is 1. The number of hydrogen-bond acceptors (Lipinski definition) is 4. The van der Waals surface area contributed by atoms with Gasteiger partial charge in [0.25, 0.3) is 0 Å². The molecule has 5 nitrogen and oxygen atoms in total. The molecule has 0 unspecified atom stereocenters. The molecule has 0 radical (unpaired) electrons. The minimum atomic E-state index is -0.504. The Labute approximate surface area is 182 Å². The molecule has 2 N–H and O–H groups in total. The predicted molar refractivity (Wildman–Crippen MR) is 119 cm³/mol. The van der Waals surface area contributed by atoms with Crippen LogP contribution in [0.4, 0.5) is 15.8 Å². The van der Waals surface area contributed by atoms with E-state index in [1.165, 1.54) is 12.1 Å². The van der Waals surface area contributed by atoms with E-state index >= 15 is 0 Å². The van der Waals surface area contributed by atoms with Gasteiger partial charge in [0, 0.05) is 5.69 Å². The second-order valence-electron chi connectivity index (χ2n) is 6.13. The van der Waals surface area contributed by atoms with E-state index in [-0.39, 0.29) is 29.0 Å². The summed E-state index contributed by atoms with van der Waals surface area (Å²) in [5, 5.41) is 5.72. The number of halogens is 2. The SMILES string of the molecule is O=C(CSCC(=O)Nc1ccccc1F)Nc1ccc(Oc2ccccc2Cl)cc1. The first-order chi connectivity index (χ1) is 14.5. The van der Waals surface area contributed by atoms with Crippen LogP contribution in [0.2, 0.25) is 5.02 Å². The van der Waals surface area contributed by atoms with Crippen LogP contribution >= 0.6 is 23.4 Å². The zero-order chi connectivity index (χ0) is 21.3. The summed E-state index contributed by atoms with van der Waals surface area (Å²) in [5.74, 6) is 0.115. The van der Waals surface area contributed by atoms with Crippen LogP contribution in [0.1, 0.15) is 0 Å². The summed E-state index contributed by atoms with van der Waals surface area (Å²) >= 11 is 7.20. The minimum absolute atomic E-state index is 0.0341. The molecule has 0 saturated heterocycles. The van der Waals surface area contributed by atoms with Crippen molar-refractivity contribution in [3.05, 3.63) is 83.6 Å². The number of para-hydroxylation sites is 2. The average Bonchev–Trinajstić information content (AvgIpc) is 2.73. The Bertz CT molecular complexity index is 1030. The molecule has 0 saturated carbocycles. The van der Waals surface area contributed by atoms with E-state index in [1.807, 2.05) is 12.1 Å². The van der Waals surface area contributed by atoms with Crippen molar-refractivity contribution in [2.45, 2.75) is 0 Å². The Morgan fingerprint density at radius 3 is 2.20 bits per heavy atom. The smallest absolute Gasteiger partial charge is 0.234 e. The Kier molecular flexibility index (Phi) is 7.70. The predicted octanol–water partition coefficient (Wildman–Crippen LogP) is 5.58. The number of anilines is 2. The van der Waals surface area contributed by atoms with Gasteiger partial charge >= 0.3 is 0 Å². The summed E-state index contributed by atoms with van der Waals surface area (Å²) < 4.78 is 19.2. The number of rotatable bonds is 8. The molecular weight excluding hydrogens is 427 g/mol. The quantitative estimate of drug-likeness (QED) is 0.475. The fourth-order valence-electron chi connectivity index (χ4n) is 2.44. The van der Waals surface area contributed by atoms with E-state index in [2.05, 4.69) is 10.6 Å². The molecule has 3 rings (SSSR count). The van der Waals surface area contributed by atoms with Crippen molar-refractivity contribution in [1.82, 2.24) is 0 Å². The van der Waals surface area contributed by atoms with E-state index < -0.39 is 5.82 Å². The van der Waals surface area contributed by atoms with Crippen LogP contribution in [0, 0.1) is 5.82 Å². The molecule has 0 atom stereocenters. The third-order valence-corrected chi connectivity index (χ3v) is 5.06. The van der Waals surface area contributed by atoms with Gasteiger partial charge in [0.2, 0.25) is 11.8 Å². The number of thioether (sulfide) groups is 1. The molecule has 0 aliphatic heterocycles. The van der Waals surface area contributed by atoms with Crippen molar-refractivity contribution >= 4 is 46.6 Å². The van der Waals surface area contributed by atoms with Gasteiger partial charge in [-0.05, 0) is 48.5 Å². The van der Waals surface area contributed by atoms with Gasteiger partial charge in [0.1, 0.15) is 17.3 Å². The molecule has 0 spiro atoms. The van der Waals surface area contributed by atoms with E-state index in [0.717, 1.165) is 11.8 Å². The number of benzene rings is 3. The van der Waals surface area contributed by atoms with Crippen LogP contribution in [0.25, 0.3) is 0 Å². The highest BCUT2D eigenvalue weighted by molar-refractivity contribution is 8.00. The Balaban J connectivity index is 1.42. The maximum absolute atomic E-state index is 13.5. The maximum atomic E-state index is 13.5. The lowest BCUT2D eigenvalue weighted by Gasteiger charge is -2.09. The fourth-order valence-corrected chi connectivity index (χ4v) is 3.23. The van der Waals surface area contributed by atoms with Crippen molar-refractivity contribution in [3.8, 4) is 11.5 Å². The van der Waals surface area contributed by atoms with Crippen molar-refractivity contribution in [1.29, 1.82) is 0 Å². The standard InChI is InChI=1S/C22H18ClFN2O3S/c23-17-5-1-4-8-20(17)29-16-11-9-15(10-12-16)25-21(27)13-30-14-22(28)26-19-7-3-2-6-18(19)24/h1-12H,13-14H2,(H,25,27)(H,26,28). The van der Waals surface area contributed by atoms with E-state index in [4.69, 9.17) is 16.3 Å². The zero-order valence-electron chi connectivity index (χ0n) is 15.7. The van der Waals surface area contributed by atoms with Crippen LogP contribution in [-0.2, 0) is 9.59 Å². The summed E-state index contributed by atoms with van der Waals surface area (Å²) in [6.45, 7) is 0. The van der Waals surface area contributed by atoms with Gasteiger partial charge in [-0.3, -0.25) is 9.59 Å². The van der Waals surface area contributed by atoms with E-state index in [9.17, 15) is 14.0 Å². The topological polar surface area (TPSA) is 67.4 Å². The van der Waals surface area contributed by atoms with Gasteiger partial charge in [0.05, 0.1) is 22.2 Å². The fraction of sp³-hybridized carbons (Fsp3) is 0.0909. The molecular formula is C22H18ClFN2O3S. The molecule has 0 aromatic heterocycles. The number of carbonyl (C=O) groups excluding carboxylic acids is 2. The molecule has 3 aromatic rings. The summed E-state index contributed by atoms with van der Waals surface area (Å²) in [4.78, 5) is 23.9. The lowest BCUT2D eigenvalue weighted by Crippen LogP contribution is -2.18. The van der Waals surface area contributed by atoms with E-state index in [1.54, 1.807) is 48.5 Å². The molecule has 3 aromatic carbocycles. The summed E-state index contributed by atoms with van der Waals surface area (Å²) in [6.07, 6.45) is 0. The van der Waals surface area contributed by atoms with Crippen molar-refractivity contribution in [2.24, 2.45) is 0 Å². The normalized spacial score (nSPS) is 10.3. The van der Waals surface area contributed by atoms with Crippen LogP contribution in [0.5, 0.6) is 11.5 Å². The van der Waals surface area contributed by atoms with Crippen LogP contribution in [0.3, 0.4) is 0 Å². The van der Waals surface area contributed by atoms with Crippen LogP contribution < -0.4 is 15.4 Å². The van der Waals surface area contributed by atoms with Gasteiger partial charge in [-0.1, -0.05) is 35.9 Å². The van der Waals surface area contributed by atoms with Gasteiger partial charge in [-0.15, -0.1) is 11.8 Å². The van der Waals surface area contributed by atoms with Gasteiger partial charge in [0.15, 0.2) is 0 Å². The highest BCUT2D eigenvalue weighted by Crippen LogP contribution is 2.29. The Morgan fingerprint density at radius 1 is 0.867 bits per heavy atom. The third kappa shape index (κ3) is 6.50. The second kappa shape index (κ2) is 10.7. The minimum Gasteiger partial charge on any atom is -0.456 e. The molecule has 0 fully saturated rings. The second-order valence-corrected chi connectivity index (χ2v) is 7.52. The average molecular weight is 445 g/mol. The molecule has 154 valence electrons. The maximum Gasteiger partial charge on any atom is 0.234 e. The molecule has 0 bridgehead atoms. The first-order valence-corrected chi connectivity index (χ1v) is 10.5. The molecule has 0 heterocycles. The number of amides is 2. The van der Waals surface area contributed by atoms with E-state index in [0.29, 0.717) is 22.2 Å².